The van der Waals surface area contributed by atoms with Crippen molar-refractivity contribution in [3.05, 3.63) is 53.6 Å². The molecule has 0 heterocycles. The smallest absolute Gasteiger partial charge is 0.338 e. The van der Waals surface area contributed by atoms with Gasteiger partial charge in [-0.25, -0.2) is 4.79 Å². The Bertz CT molecular complexity index is 756. The van der Waals surface area contributed by atoms with Crippen molar-refractivity contribution in [1.29, 1.82) is 0 Å². The van der Waals surface area contributed by atoms with E-state index >= 15 is 0 Å². The summed E-state index contributed by atoms with van der Waals surface area (Å²) in [6, 6.07) is 11.0. The summed E-state index contributed by atoms with van der Waals surface area (Å²) in [4.78, 5) is 22.7. The van der Waals surface area contributed by atoms with Crippen LogP contribution >= 0.6 is 0 Å². The molecule has 6 nitrogen and oxygen atoms in total. The van der Waals surface area contributed by atoms with E-state index in [9.17, 15) is 14.7 Å². The van der Waals surface area contributed by atoms with Crippen molar-refractivity contribution in [2.24, 2.45) is 10.2 Å². The Balaban J connectivity index is 2.11. The fourth-order valence-corrected chi connectivity index (χ4v) is 1.90. The quantitative estimate of drug-likeness (QED) is 0.349. The van der Waals surface area contributed by atoms with Crippen LogP contribution in [-0.2, 0) is 4.74 Å². The minimum Gasteiger partial charge on any atom is -0.507 e. The van der Waals surface area contributed by atoms with E-state index in [-0.39, 0.29) is 11.3 Å². The van der Waals surface area contributed by atoms with Gasteiger partial charge in [0.15, 0.2) is 6.29 Å². The number of ether oxygens (including phenoxy) is 1. The van der Waals surface area contributed by atoms with Crippen LogP contribution in [0.3, 0.4) is 0 Å². The van der Waals surface area contributed by atoms with Crippen LogP contribution in [-0.4, -0.2) is 24.0 Å². The average molecular weight is 326 g/mol. The molecule has 1 N–H and O–H groups in total. The van der Waals surface area contributed by atoms with Gasteiger partial charge in [-0.2, -0.15) is 10.2 Å². The molecule has 2 rings (SSSR count). The van der Waals surface area contributed by atoms with Crippen LogP contribution < -0.4 is 0 Å². The van der Waals surface area contributed by atoms with Crippen molar-refractivity contribution in [2.45, 2.75) is 19.8 Å². The lowest BCUT2D eigenvalue weighted by atomic mass is 10.2. The molecule has 0 unspecified atom stereocenters. The van der Waals surface area contributed by atoms with E-state index in [0.29, 0.717) is 29.8 Å². The van der Waals surface area contributed by atoms with Crippen LogP contribution in [0.25, 0.3) is 0 Å². The van der Waals surface area contributed by atoms with E-state index in [4.69, 9.17) is 4.74 Å². The first-order valence-electron chi connectivity index (χ1n) is 7.61. The number of phenols is 1. The number of azo groups is 1. The van der Waals surface area contributed by atoms with Gasteiger partial charge in [0.05, 0.1) is 29.1 Å². The predicted molar refractivity (Wildman–Crippen MR) is 89.3 cm³/mol. The molecule has 24 heavy (non-hydrogen) atoms. The van der Waals surface area contributed by atoms with Gasteiger partial charge >= 0.3 is 5.97 Å². The number of rotatable bonds is 7. The summed E-state index contributed by atoms with van der Waals surface area (Å²) in [5.74, 6) is -0.505. The first-order valence-corrected chi connectivity index (χ1v) is 7.61. The second-order valence-electron chi connectivity index (χ2n) is 5.10. The monoisotopic (exact) mass is 326 g/mol. The maximum Gasteiger partial charge on any atom is 0.338 e. The van der Waals surface area contributed by atoms with Crippen molar-refractivity contribution in [1.82, 2.24) is 0 Å². The minimum atomic E-state index is -0.395. The first-order chi connectivity index (χ1) is 11.6. The van der Waals surface area contributed by atoms with Crippen LogP contribution in [0.2, 0.25) is 0 Å². The van der Waals surface area contributed by atoms with E-state index < -0.39 is 5.97 Å². The lowest BCUT2D eigenvalue weighted by Gasteiger charge is -2.04. The van der Waals surface area contributed by atoms with E-state index in [1.807, 2.05) is 6.92 Å². The molecule has 0 saturated heterocycles. The maximum absolute atomic E-state index is 11.9. The fourth-order valence-electron chi connectivity index (χ4n) is 1.90. The molecule has 0 atom stereocenters. The molecule has 2 aromatic rings. The number of aromatic hydroxyl groups is 1. The molecule has 0 bridgehead atoms. The first kappa shape index (κ1) is 17.3. The van der Waals surface area contributed by atoms with Crippen LogP contribution in [0.5, 0.6) is 5.75 Å². The summed E-state index contributed by atoms with van der Waals surface area (Å²) < 4.78 is 5.15. The van der Waals surface area contributed by atoms with Gasteiger partial charge in [-0.3, -0.25) is 4.79 Å². The summed E-state index contributed by atoms with van der Waals surface area (Å²) >= 11 is 0. The normalized spacial score (nSPS) is 10.7. The molecule has 0 amide bonds. The number of benzene rings is 2. The highest BCUT2D eigenvalue weighted by Crippen LogP contribution is 2.24. The number of carbonyl (C=O) groups excluding carboxylic acids is 2. The molecule has 0 aliphatic rings. The van der Waals surface area contributed by atoms with Crippen LogP contribution in [0, 0.1) is 0 Å². The highest BCUT2D eigenvalue weighted by Gasteiger charge is 2.07. The van der Waals surface area contributed by atoms with Crippen LogP contribution in [0.4, 0.5) is 11.4 Å². The fraction of sp³-hybridized carbons (Fsp3) is 0.222. The zero-order chi connectivity index (χ0) is 17.4. The van der Waals surface area contributed by atoms with E-state index in [0.717, 1.165) is 12.8 Å². The van der Waals surface area contributed by atoms with Gasteiger partial charge in [-0.05, 0) is 42.8 Å². The number of carbonyl (C=O) groups is 2. The van der Waals surface area contributed by atoms with Crippen molar-refractivity contribution in [3.8, 4) is 5.75 Å². The molecule has 0 fully saturated rings. The molecule has 2 aromatic carbocycles. The number of unbranched alkanes of at least 4 members (excludes halogenated alkanes) is 1. The summed E-state index contributed by atoms with van der Waals surface area (Å²) in [5, 5.41) is 17.5. The van der Waals surface area contributed by atoms with Crippen molar-refractivity contribution < 1.29 is 19.4 Å². The second kappa shape index (κ2) is 8.57. The second-order valence-corrected chi connectivity index (χ2v) is 5.10. The highest BCUT2D eigenvalue weighted by molar-refractivity contribution is 5.90. The van der Waals surface area contributed by atoms with Crippen molar-refractivity contribution in [2.75, 3.05) is 6.61 Å². The Morgan fingerprint density at radius 1 is 1.17 bits per heavy atom. The lowest BCUT2D eigenvalue weighted by Crippen LogP contribution is -2.05. The topological polar surface area (TPSA) is 88.3 Å². The Morgan fingerprint density at radius 2 is 1.92 bits per heavy atom. The highest BCUT2D eigenvalue weighted by atomic mass is 16.5. The van der Waals surface area contributed by atoms with E-state index in [1.54, 1.807) is 24.3 Å². The van der Waals surface area contributed by atoms with Crippen LogP contribution in [0.1, 0.15) is 40.5 Å². The summed E-state index contributed by atoms with van der Waals surface area (Å²) in [6.07, 6.45) is 2.32. The van der Waals surface area contributed by atoms with Crippen molar-refractivity contribution >= 4 is 23.6 Å². The van der Waals surface area contributed by atoms with Gasteiger partial charge in [0.1, 0.15) is 5.75 Å². The SMILES string of the molecule is CCCCOC(=O)c1cccc(N=Nc2ccc(O)c(C=O)c2)c1. The van der Waals surface area contributed by atoms with E-state index in [1.165, 1.54) is 18.2 Å². The molecule has 0 aliphatic carbocycles. The van der Waals surface area contributed by atoms with Gasteiger partial charge in [0.25, 0.3) is 0 Å². The lowest BCUT2D eigenvalue weighted by molar-refractivity contribution is 0.0499. The average Bonchev–Trinajstić information content (AvgIpc) is 2.61. The Morgan fingerprint density at radius 3 is 2.62 bits per heavy atom. The van der Waals surface area contributed by atoms with Gasteiger partial charge in [-0.15, -0.1) is 0 Å². The Labute approximate surface area is 139 Å². The molecular formula is C18H18N2O4. The van der Waals surface area contributed by atoms with Gasteiger partial charge in [0.2, 0.25) is 0 Å². The maximum atomic E-state index is 11.9. The third-order valence-electron chi connectivity index (χ3n) is 3.23. The number of hydrogen-bond donors (Lipinski definition) is 1. The predicted octanol–water partition coefficient (Wildman–Crippen LogP) is 4.58. The third-order valence-corrected chi connectivity index (χ3v) is 3.23. The number of aldehydes is 1. The molecule has 0 aromatic heterocycles. The van der Waals surface area contributed by atoms with Gasteiger partial charge in [0, 0.05) is 0 Å². The number of esters is 1. The Hall–Kier alpha value is -3.02. The molecule has 0 aliphatic heterocycles. The van der Waals surface area contributed by atoms with Crippen molar-refractivity contribution in [3.63, 3.8) is 0 Å². The number of nitrogens with zero attached hydrogens (tertiary/aromatic N) is 2. The molecule has 0 spiro atoms. The molecule has 0 saturated carbocycles. The molecule has 124 valence electrons. The zero-order valence-corrected chi connectivity index (χ0v) is 13.3. The largest absolute Gasteiger partial charge is 0.507 e. The Kier molecular flexibility index (Phi) is 6.19. The minimum absolute atomic E-state index is 0.110. The summed E-state index contributed by atoms with van der Waals surface area (Å²) in [7, 11) is 0. The summed E-state index contributed by atoms with van der Waals surface area (Å²) in [5.41, 5.74) is 1.45. The number of hydrogen-bond acceptors (Lipinski definition) is 6. The molecule has 0 radical (unpaired) electrons. The number of phenolic OH excluding ortho intramolecular Hbond substituents is 1. The zero-order valence-electron chi connectivity index (χ0n) is 13.3. The third kappa shape index (κ3) is 4.74. The van der Waals surface area contributed by atoms with Crippen LogP contribution in [0.15, 0.2) is 52.7 Å². The van der Waals surface area contributed by atoms with Gasteiger partial charge < -0.3 is 9.84 Å². The molecular weight excluding hydrogens is 308 g/mol. The molecule has 6 heteroatoms. The standard InChI is InChI=1S/C18H18N2O4/c1-2-3-9-24-18(23)13-5-4-6-15(10-13)19-20-16-7-8-17(22)14(11-16)12-21/h4-8,10-12,22H,2-3,9H2,1H3. The van der Waals surface area contributed by atoms with Gasteiger partial charge in [-0.1, -0.05) is 19.4 Å². The summed E-state index contributed by atoms with van der Waals surface area (Å²) in [6.45, 7) is 2.41. The van der Waals surface area contributed by atoms with E-state index in [2.05, 4.69) is 10.2 Å².